The van der Waals surface area contributed by atoms with E-state index in [4.69, 9.17) is 0 Å². The molecule has 114 valence electrons. The molecule has 21 heavy (non-hydrogen) atoms. The van der Waals surface area contributed by atoms with E-state index in [9.17, 15) is 9.90 Å². The lowest BCUT2D eigenvalue weighted by Gasteiger charge is -2.21. The molecule has 1 aromatic heterocycles. The first-order valence-electron chi connectivity index (χ1n) is 7.48. The van der Waals surface area contributed by atoms with E-state index in [1.807, 2.05) is 18.2 Å². The summed E-state index contributed by atoms with van der Waals surface area (Å²) in [6.45, 7) is 0.477. The van der Waals surface area contributed by atoms with Crippen LogP contribution in [-0.4, -0.2) is 35.3 Å². The molecule has 5 heteroatoms. The minimum atomic E-state index is -0.158. The number of pyridine rings is 1. The number of aliphatic hydroxyl groups excluding tert-OH is 1. The van der Waals surface area contributed by atoms with Crippen molar-refractivity contribution < 1.29 is 9.90 Å². The lowest BCUT2D eigenvalue weighted by atomic mass is 10.0. The number of aromatic nitrogens is 1. The molecule has 3 N–H and O–H groups in total. The molecule has 1 aromatic rings. The Morgan fingerprint density at radius 2 is 2.33 bits per heavy atom. The second-order valence-corrected chi connectivity index (χ2v) is 5.41. The Morgan fingerprint density at radius 3 is 3.00 bits per heavy atom. The van der Waals surface area contributed by atoms with Crippen LogP contribution < -0.4 is 10.6 Å². The second-order valence-electron chi connectivity index (χ2n) is 5.41. The number of carbonyl (C=O) groups excluding carboxylic acids is 1. The van der Waals surface area contributed by atoms with Gasteiger partial charge in [0.1, 0.15) is 0 Å². The normalized spacial score (nSPS) is 19.0. The van der Waals surface area contributed by atoms with Crippen LogP contribution in [0.25, 0.3) is 0 Å². The van der Waals surface area contributed by atoms with Crippen molar-refractivity contribution in [2.75, 3.05) is 13.2 Å². The zero-order valence-electron chi connectivity index (χ0n) is 12.2. The molecule has 5 nitrogen and oxygen atoms in total. The molecule has 0 fully saturated rings. The van der Waals surface area contributed by atoms with Crippen LogP contribution in [0.4, 0.5) is 4.79 Å². The molecule has 1 aliphatic rings. The number of allylic oxidation sites excluding steroid dienone is 1. The third-order valence-corrected chi connectivity index (χ3v) is 3.64. The van der Waals surface area contributed by atoms with E-state index < -0.39 is 0 Å². The van der Waals surface area contributed by atoms with Gasteiger partial charge in [-0.05, 0) is 37.8 Å². The highest BCUT2D eigenvalue weighted by Gasteiger charge is 2.14. The van der Waals surface area contributed by atoms with Gasteiger partial charge in [0.05, 0.1) is 0 Å². The number of hydrogen-bond acceptors (Lipinski definition) is 3. The zero-order chi connectivity index (χ0) is 14.9. The van der Waals surface area contributed by atoms with E-state index in [0.29, 0.717) is 13.0 Å². The molecular formula is C16H23N3O2. The quantitative estimate of drug-likeness (QED) is 0.697. The van der Waals surface area contributed by atoms with E-state index in [1.54, 1.807) is 6.20 Å². The van der Waals surface area contributed by atoms with Gasteiger partial charge in [0.15, 0.2) is 0 Å². The van der Waals surface area contributed by atoms with E-state index in [2.05, 4.69) is 27.8 Å². The molecule has 2 unspecified atom stereocenters. The summed E-state index contributed by atoms with van der Waals surface area (Å²) < 4.78 is 0. The highest BCUT2D eigenvalue weighted by atomic mass is 16.3. The summed E-state index contributed by atoms with van der Waals surface area (Å²) in [6.07, 6.45) is 9.54. The van der Waals surface area contributed by atoms with Gasteiger partial charge in [-0.2, -0.15) is 0 Å². The van der Waals surface area contributed by atoms with Crippen molar-refractivity contribution >= 4 is 6.03 Å². The fourth-order valence-corrected chi connectivity index (χ4v) is 2.41. The van der Waals surface area contributed by atoms with Crippen LogP contribution in [0, 0.1) is 5.92 Å². The molecule has 1 aliphatic carbocycles. The minimum Gasteiger partial charge on any atom is -0.396 e. The van der Waals surface area contributed by atoms with Crippen LogP contribution in [0.5, 0.6) is 0 Å². The first-order valence-corrected chi connectivity index (χ1v) is 7.48. The zero-order valence-corrected chi connectivity index (χ0v) is 12.2. The number of amides is 2. The summed E-state index contributed by atoms with van der Waals surface area (Å²) in [6, 6.07) is 5.78. The third kappa shape index (κ3) is 5.55. The van der Waals surface area contributed by atoms with Crippen molar-refractivity contribution in [1.29, 1.82) is 0 Å². The van der Waals surface area contributed by atoms with Crippen molar-refractivity contribution in [3.63, 3.8) is 0 Å². The van der Waals surface area contributed by atoms with Gasteiger partial charge < -0.3 is 15.7 Å². The number of aliphatic hydroxyl groups is 1. The maximum absolute atomic E-state index is 11.8. The molecule has 0 aromatic carbocycles. The number of urea groups is 1. The highest BCUT2D eigenvalue weighted by molar-refractivity contribution is 5.74. The predicted molar refractivity (Wildman–Crippen MR) is 81.8 cm³/mol. The lowest BCUT2D eigenvalue weighted by molar-refractivity contribution is 0.211. The summed E-state index contributed by atoms with van der Waals surface area (Å²) in [5, 5.41) is 15.2. The van der Waals surface area contributed by atoms with Crippen LogP contribution in [-0.2, 0) is 6.42 Å². The molecule has 0 saturated carbocycles. The summed E-state index contributed by atoms with van der Waals surface area (Å²) in [4.78, 5) is 16.1. The summed E-state index contributed by atoms with van der Waals surface area (Å²) in [5.41, 5.74) is 0.927. The van der Waals surface area contributed by atoms with E-state index in [-0.39, 0.29) is 24.6 Å². The highest BCUT2D eigenvalue weighted by Crippen LogP contribution is 2.10. The predicted octanol–water partition coefficient (Wildman–Crippen LogP) is 1.64. The maximum atomic E-state index is 11.8. The summed E-state index contributed by atoms with van der Waals surface area (Å²) >= 11 is 0. The maximum Gasteiger partial charge on any atom is 0.315 e. The van der Waals surface area contributed by atoms with Crippen molar-refractivity contribution in [3.05, 3.63) is 42.2 Å². The fourth-order valence-electron chi connectivity index (χ4n) is 2.41. The van der Waals surface area contributed by atoms with Crippen LogP contribution in [0.15, 0.2) is 36.5 Å². The second kappa shape index (κ2) is 8.42. The molecule has 0 saturated heterocycles. The largest absolute Gasteiger partial charge is 0.396 e. The lowest BCUT2D eigenvalue weighted by Crippen LogP contribution is -2.44. The molecule has 1 heterocycles. The van der Waals surface area contributed by atoms with Crippen molar-refractivity contribution in [2.45, 2.75) is 31.7 Å². The number of nitrogens with one attached hydrogen (secondary N) is 2. The molecule has 0 bridgehead atoms. The molecule has 2 amide bonds. The van der Waals surface area contributed by atoms with Crippen LogP contribution in [0.3, 0.4) is 0 Å². The van der Waals surface area contributed by atoms with E-state index >= 15 is 0 Å². The fraction of sp³-hybridized carbons (Fsp3) is 0.500. The number of carbonyl (C=O) groups is 1. The number of hydrogen-bond donors (Lipinski definition) is 3. The Bertz CT molecular complexity index is 462. The molecule has 0 spiro atoms. The Balaban J connectivity index is 1.72. The average Bonchev–Trinajstić information content (AvgIpc) is 2.53. The van der Waals surface area contributed by atoms with Gasteiger partial charge in [-0.1, -0.05) is 18.2 Å². The average molecular weight is 289 g/mol. The van der Waals surface area contributed by atoms with Crippen molar-refractivity contribution in [1.82, 2.24) is 15.6 Å². The van der Waals surface area contributed by atoms with Crippen molar-refractivity contribution in [2.24, 2.45) is 5.92 Å². The van der Waals surface area contributed by atoms with Gasteiger partial charge in [-0.15, -0.1) is 0 Å². The third-order valence-electron chi connectivity index (χ3n) is 3.64. The Kier molecular flexibility index (Phi) is 6.22. The van der Waals surface area contributed by atoms with Gasteiger partial charge >= 0.3 is 6.03 Å². The topological polar surface area (TPSA) is 74.2 Å². The molecule has 2 atom stereocenters. The first-order chi connectivity index (χ1) is 10.3. The monoisotopic (exact) mass is 289 g/mol. The summed E-state index contributed by atoms with van der Waals surface area (Å²) in [7, 11) is 0. The number of rotatable bonds is 6. The van der Waals surface area contributed by atoms with Gasteiger partial charge in [-0.3, -0.25) is 4.98 Å². The Labute approximate surface area is 125 Å². The van der Waals surface area contributed by atoms with Crippen LogP contribution >= 0.6 is 0 Å². The molecule has 0 aliphatic heterocycles. The Hall–Kier alpha value is -1.88. The van der Waals surface area contributed by atoms with Gasteiger partial charge in [0, 0.05) is 37.0 Å². The molecule has 0 radical (unpaired) electrons. The van der Waals surface area contributed by atoms with E-state index in [0.717, 1.165) is 25.0 Å². The summed E-state index contributed by atoms with van der Waals surface area (Å²) in [5.74, 6) is -0.0168. The molecule has 2 rings (SSSR count). The van der Waals surface area contributed by atoms with Gasteiger partial charge in [0.2, 0.25) is 0 Å². The standard InChI is InChI=1S/C16H23N3O2/c20-12-13(10-15-8-4-5-9-17-15)11-18-16(21)19-14-6-2-1-3-7-14/h1-2,4-5,8-9,13-14,20H,3,6-7,10-12H2,(H2,18,19,21). The van der Waals surface area contributed by atoms with Gasteiger partial charge in [0.25, 0.3) is 0 Å². The van der Waals surface area contributed by atoms with E-state index in [1.165, 1.54) is 0 Å². The number of nitrogens with zero attached hydrogens (tertiary/aromatic N) is 1. The Morgan fingerprint density at radius 1 is 1.43 bits per heavy atom. The smallest absolute Gasteiger partial charge is 0.315 e. The van der Waals surface area contributed by atoms with Crippen molar-refractivity contribution in [3.8, 4) is 0 Å². The van der Waals surface area contributed by atoms with Crippen LogP contribution in [0.2, 0.25) is 0 Å². The van der Waals surface area contributed by atoms with Crippen LogP contribution in [0.1, 0.15) is 25.0 Å². The SMILES string of the molecule is O=C(NCC(CO)Cc1ccccn1)NC1CC=CCC1. The molecular weight excluding hydrogens is 266 g/mol. The first kappa shape index (κ1) is 15.5. The van der Waals surface area contributed by atoms with Gasteiger partial charge in [-0.25, -0.2) is 4.79 Å². The minimum absolute atomic E-state index is 0.0168.